The third-order valence-electron chi connectivity index (χ3n) is 5.81. The van der Waals surface area contributed by atoms with E-state index in [-0.39, 0.29) is 0 Å². The summed E-state index contributed by atoms with van der Waals surface area (Å²) in [6, 6.07) is 15.9. The highest BCUT2D eigenvalue weighted by Gasteiger charge is 2.38. The van der Waals surface area contributed by atoms with Gasteiger partial charge in [-0.15, -0.1) is 0 Å². The van der Waals surface area contributed by atoms with E-state index in [0.29, 0.717) is 12.1 Å². The van der Waals surface area contributed by atoms with Gasteiger partial charge < -0.3 is 4.74 Å². The van der Waals surface area contributed by atoms with Crippen LogP contribution in [0.5, 0.6) is 0 Å². The maximum atomic E-state index is 5.70. The highest BCUT2D eigenvalue weighted by molar-refractivity contribution is 5.26. The van der Waals surface area contributed by atoms with Gasteiger partial charge in [0.05, 0.1) is 18.4 Å². The largest absolute Gasteiger partial charge is 0.375 e. The minimum atomic E-state index is 0.467. The van der Waals surface area contributed by atoms with Crippen molar-refractivity contribution in [2.75, 3.05) is 19.7 Å². The van der Waals surface area contributed by atoms with Crippen LogP contribution in [0.25, 0.3) is 0 Å². The van der Waals surface area contributed by atoms with Gasteiger partial charge in [-0.05, 0) is 23.6 Å². The summed E-state index contributed by atoms with van der Waals surface area (Å²) in [6.07, 6.45) is 2.74. The van der Waals surface area contributed by atoms with Crippen molar-refractivity contribution in [2.45, 2.75) is 44.6 Å². The number of aromatic nitrogens is 1. The second-order valence-corrected chi connectivity index (χ2v) is 7.63. The molecule has 0 spiro atoms. The maximum Gasteiger partial charge on any atom is 0.0718 e. The Morgan fingerprint density at radius 1 is 1.08 bits per heavy atom. The minimum Gasteiger partial charge on any atom is -0.375 e. The van der Waals surface area contributed by atoms with Crippen LogP contribution in [-0.4, -0.2) is 46.6 Å². The van der Waals surface area contributed by atoms with E-state index in [1.165, 1.54) is 28.9 Å². The Kier molecular flexibility index (Phi) is 4.04. The Balaban J connectivity index is 1.25. The molecule has 4 nitrogen and oxygen atoms in total. The highest BCUT2D eigenvalue weighted by Crippen LogP contribution is 2.29. The molecule has 1 aromatic heterocycles. The summed E-state index contributed by atoms with van der Waals surface area (Å²) in [7, 11) is 0. The quantitative estimate of drug-likeness (QED) is 0.859. The van der Waals surface area contributed by atoms with Crippen LogP contribution in [0.3, 0.4) is 0 Å². The average Bonchev–Trinajstić information content (AvgIpc) is 3.26. The van der Waals surface area contributed by atoms with E-state index in [1.54, 1.807) is 0 Å². The number of hydrogen-bond donors (Lipinski definition) is 0. The van der Waals surface area contributed by atoms with Crippen LogP contribution in [0.15, 0.2) is 42.5 Å². The molecule has 2 bridgehead atoms. The van der Waals surface area contributed by atoms with Gasteiger partial charge in [-0.1, -0.05) is 36.4 Å². The minimum absolute atomic E-state index is 0.467. The number of benzene rings is 1. The zero-order valence-electron chi connectivity index (χ0n) is 14.6. The molecule has 2 aromatic rings. The lowest BCUT2D eigenvalue weighted by Gasteiger charge is -2.29. The molecular formula is C21H25N3O. The van der Waals surface area contributed by atoms with Gasteiger partial charge in [-0.3, -0.25) is 14.8 Å². The van der Waals surface area contributed by atoms with E-state index in [0.717, 1.165) is 45.8 Å². The zero-order chi connectivity index (χ0) is 16.6. The normalized spacial score (nSPS) is 26.1. The highest BCUT2D eigenvalue weighted by atomic mass is 16.5. The molecular weight excluding hydrogens is 310 g/mol. The Bertz CT molecular complexity index is 748. The molecule has 2 fully saturated rings. The molecule has 0 amide bonds. The molecule has 0 saturated carbocycles. The molecule has 0 N–H and O–H groups in total. The second kappa shape index (κ2) is 6.52. The summed E-state index contributed by atoms with van der Waals surface area (Å²) >= 11 is 0. The number of morpholine rings is 1. The summed E-state index contributed by atoms with van der Waals surface area (Å²) in [4.78, 5) is 10.1. The van der Waals surface area contributed by atoms with Crippen molar-refractivity contribution in [3.8, 4) is 0 Å². The third kappa shape index (κ3) is 3.22. The molecule has 2 atom stereocenters. The Morgan fingerprint density at radius 3 is 2.80 bits per heavy atom. The fraction of sp³-hybridized carbons (Fsp3) is 0.476. The fourth-order valence-corrected chi connectivity index (χ4v) is 4.47. The van der Waals surface area contributed by atoms with E-state index < -0.39 is 0 Å². The van der Waals surface area contributed by atoms with Crippen molar-refractivity contribution in [2.24, 2.45) is 0 Å². The predicted molar refractivity (Wildman–Crippen MR) is 97.1 cm³/mol. The smallest absolute Gasteiger partial charge is 0.0718 e. The first-order valence-corrected chi connectivity index (χ1v) is 9.43. The van der Waals surface area contributed by atoms with E-state index in [2.05, 4.69) is 52.3 Å². The molecule has 0 radical (unpaired) electrons. The van der Waals surface area contributed by atoms with Crippen LogP contribution < -0.4 is 0 Å². The Labute approximate surface area is 149 Å². The van der Waals surface area contributed by atoms with E-state index >= 15 is 0 Å². The lowest BCUT2D eigenvalue weighted by molar-refractivity contribution is 0.0268. The maximum absolute atomic E-state index is 5.70. The van der Waals surface area contributed by atoms with Gasteiger partial charge in [-0.25, -0.2) is 0 Å². The van der Waals surface area contributed by atoms with Gasteiger partial charge in [0.25, 0.3) is 0 Å². The number of ether oxygens (including phenoxy) is 1. The van der Waals surface area contributed by atoms with Crippen LogP contribution >= 0.6 is 0 Å². The molecule has 2 saturated heterocycles. The predicted octanol–water partition coefficient (Wildman–Crippen LogP) is 2.61. The monoisotopic (exact) mass is 335 g/mol. The standard InChI is InChI=1S/C21H25N3O/c1-2-4-16(5-3-1)11-23-9-8-21-17(12-23)6-7-18(22-21)13-24-14-20-10-19(24)15-25-20/h1-7,19-20H,8-15H2. The van der Waals surface area contributed by atoms with Gasteiger partial charge >= 0.3 is 0 Å². The number of hydrogen-bond acceptors (Lipinski definition) is 4. The summed E-state index contributed by atoms with van der Waals surface area (Å²) < 4.78 is 5.70. The summed E-state index contributed by atoms with van der Waals surface area (Å²) in [5.41, 5.74) is 5.32. The van der Waals surface area contributed by atoms with Gasteiger partial charge in [-0.2, -0.15) is 0 Å². The molecule has 1 aromatic carbocycles. The van der Waals surface area contributed by atoms with E-state index in [9.17, 15) is 0 Å². The molecule has 4 heteroatoms. The molecule has 25 heavy (non-hydrogen) atoms. The van der Waals surface area contributed by atoms with Crippen molar-refractivity contribution >= 4 is 0 Å². The molecule has 2 unspecified atom stereocenters. The average molecular weight is 335 g/mol. The van der Waals surface area contributed by atoms with Crippen molar-refractivity contribution in [3.63, 3.8) is 0 Å². The molecule has 3 aliphatic heterocycles. The second-order valence-electron chi connectivity index (χ2n) is 7.63. The van der Waals surface area contributed by atoms with Crippen LogP contribution in [0, 0.1) is 0 Å². The Morgan fingerprint density at radius 2 is 2.00 bits per heavy atom. The number of likely N-dealkylation sites (tertiary alicyclic amines) is 1. The van der Waals surface area contributed by atoms with Crippen LogP contribution in [0.2, 0.25) is 0 Å². The first-order chi connectivity index (χ1) is 12.3. The summed E-state index contributed by atoms with van der Waals surface area (Å²) in [5.74, 6) is 0. The molecule has 130 valence electrons. The molecule has 0 aliphatic carbocycles. The van der Waals surface area contributed by atoms with Crippen molar-refractivity contribution in [3.05, 3.63) is 65.0 Å². The first-order valence-electron chi connectivity index (χ1n) is 9.43. The fourth-order valence-electron chi connectivity index (χ4n) is 4.47. The number of pyridine rings is 1. The molecule has 4 heterocycles. The van der Waals surface area contributed by atoms with E-state index in [1.807, 2.05) is 0 Å². The Hall–Kier alpha value is -1.75. The van der Waals surface area contributed by atoms with Gasteiger partial charge in [0.2, 0.25) is 0 Å². The van der Waals surface area contributed by atoms with Gasteiger partial charge in [0.1, 0.15) is 0 Å². The number of rotatable bonds is 4. The van der Waals surface area contributed by atoms with Crippen molar-refractivity contribution < 1.29 is 4.74 Å². The molecule has 3 aliphatic rings. The lowest BCUT2D eigenvalue weighted by Crippen LogP contribution is -2.36. The number of fused-ring (bicyclic) bond motifs is 3. The topological polar surface area (TPSA) is 28.6 Å². The van der Waals surface area contributed by atoms with Crippen LogP contribution in [0.1, 0.15) is 28.9 Å². The van der Waals surface area contributed by atoms with E-state index in [4.69, 9.17) is 9.72 Å². The van der Waals surface area contributed by atoms with Crippen LogP contribution in [-0.2, 0) is 30.8 Å². The van der Waals surface area contributed by atoms with Gasteiger partial charge in [0.15, 0.2) is 0 Å². The molecule has 5 rings (SSSR count). The SMILES string of the molecule is c1ccc(CN2CCc3nc(CN4CC5CC4CO5)ccc3C2)cc1. The van der Waals surface area contributed by atoms with Crippen molar-refractivity contribution in [1.29, 1.82) is 0 Å². The van der Waals surface area contributed by atoms with Crippen molar-refractivity contribution in [1.82, 2.24) is 14.8 Å². The zero-order valence-corrected chi connectivity index (χ0v) is 14.6. The first kappa shape index (κ1) is 15.5. The summed E-state index contributed by atoms with van der Waals surface area (Å²) in [5, 5.41) is 0. The van der Waals surface area contributed by atoms with Crippen LogP contribution in [0.4, 0.5) is 0 Å². The number of nitrogens with zero attached hydrogens (tertiary/aromatic N) is 3. The summed E-state index contributed by atoms with van der Waals surface area (Å²) in [6.45, 7) is 6.10. The van der Waals surface area contributed by atoms with Gasteiger partial charge in [0, 0.05) is 50.9 Å². The third-order valence-corrected chi connectivity index (χ3v) is 5.81. The lowest BCUT2D eigenvalue weighted by atomic mass is 10.0.